The lowest BCUT2D eigenvalue weighted by atomic mass is 10.1. The summed E-state index contributed by atoms with van der Waals surface area (Å²) >= 11 is 0. The van der Waals surface area contributed by atoms with Crippen LogP contribution in [0.1, 0.15) is 35.9 Å². The Bertz CT molecular complexity index is 1000. The van der Waals surface area contributed by atoms with Gasteiger partial charge in [0.05, 0.1) is 23.7 Å². The number of esters is 1. The molecule has 0 aromatic heterocycles. The van der Waals surface area contributed by atoms with E-state index in [1.165, 1.54) is 24.3 Å². The number of hydrogen-bond donors (Lipinski definition) is 1. The number of carbonyl (C=O) groups is 2. The van der Waals surface area contributed by atoms with E-state index in [0.717, 1.165) is 0 Å². The number of nitrogens with one attached hydrogen (secondary N) is 1. The Morgan fingerprint density at radius 2 is 1.61 bits per heavy atom. The molecule has 1 aliphatic rings. The fourth-order valence-electron chi connectivity index (χ4n) is 3.16. The normalized spacial score (nSPS) is 15.5. The molecule has 1 saturated heterocycles. The third-order valence-electron chi connectivity index (χ3n) is 4.67. The van der Waals surface area contributed by atoms with Crippen molar-refractivity contribution in [1.29, 1.82) is 0 Å². The number of amides is 1. The van der Waals surface area contributed by atoms with Gasteiger partial charge in [-0.3, -0.25) is 4.79 Å². The molecule has 2 aromatic rings. The van der Waals surface area contributed by atoms with Gasteiger partial charge in [-0.05, 0) is 38.1 Å². The third-order valence-corrected chi connectivity index (χ3v) is 6.34. The van der Waals surface area contributed by atoms with Crippen LogP contribution in [-0.4, -0.2) is 57.5 Å². The quantitative estimate of drug-likeness (QED) is 0.654. The van der Waals surface area contributed by atoms with Crippen molar-refractivity contribution < 1.29 is 27.5 Å². The van der Waals surface area contributed by atoms with Crippen LogP contribution in [0.2, 0.25) is 0 Å². The summed E-state index contributed by atoms with van der Waals surface area (Å²) in [6.07, 6.45) is -1.10. The number of sulfonamides is 1. The number of nitrogens with zero attached hydrogens (tertiary/aromatic N) is 1. The van der Waals surface area contributed by atoms with E-state index in [9.17, 15) is 18.0 Å². The summed E-state index contributed by atoms with van der Waals surface area (Å²) in [6.45, 7) is 5.16. The van der Waals surface area contributed by atoms with Crippen LogP contribution in [0.4, 0.5) is 0 Å². The zero-order valence-corrected chi connectivity index (χ0v) is 18.3. The van der Waals surface area contributed by atoms with Crippen LogP contribution in [0.5, 0.6) is 0 Å². The van der Waals surface area contributed by atoms with E-state index in [-0.39, 0.29) is 22.4 Å². The van der Waals surface area contributed by atoms with Crippen LogP contribution in [0.3, 0.4) is 0 Å². The molecule has 8 nitrogen and oxygen atoms in total. The van der Waals surface area contributed by atoms with Gasteiger partial charge >= 0.3 is 5.97 Å². The van der Waals surface area contributed by atoms with Crippen LogP contribution in [-0.2, 0) is 24.3 Å². The van der Waals surface area contributed by atoms with Crippen molar-refractivity contribution in [1.82, 2.24) is 9.62 Å². The number of carbonyl (C=O) groups excluding carboxylic acids is 2. The minimum atomic E-state index is -3.67. The molecule has 2 aromatic carbocycles. The summed E-state index contributed by atoms with van der Waals surface area (Å²) in [7, 11) is -3.67. The molecule has 1 atom stereocenters. The summed E-state index contributed by atoms with van der Waals surface area (Å²) in [6, 6.07) is 14.0. The molecule has 31 heavy (non-hydrogen) atoms. The Morgan fingerprint density at radius 3 is 2.19 bits per heavy atom. The van der Waals surface area contributed by atoms with Gasteiger partial charge < -0.3 is 14.4 Å². The molecule has 0 aliphatic carbocycles. The Hall–Kier alpha value is -2.75. The summed E-state index contributed by atoms with van der Waals surface area (Å²) in [5.41, 5.74) is 0.715. The molecule has 0 spiro atoms. The van der Waals surface area contributed by atoms with Crippen LogP contribution < -0.4 is 4.72 Å². The maximum absolute atomic E-state index is 13.1. The topological polar surface area (TPSA) is 102 Å². The SMILES string of the molecule is CC(C)NS(=O)(=O)c1ccc(C(=O)O[C@@H](C(=O)N2CCOCC2)c2ccccc2)cc1. The average Bonchev–Trinajstić information content (AvgIpc) is 2.77. The van der Waals surface area contributed by atoms with Gasteiger partial charge in [-0.25, -0.2) is 17.9 Å². The van der Waals surface area contributed by atoms with Crippen molar-refractivity contribution in [3.63, 3.8) is 0 Å². The highest BCUT2D eigenvalue weighted by molar-refractivity contribution is 7.89. The van der Waals surface area contributed by atoms with Crippen molar-refractivity contribution in [2.45, 2.75) is 30.9 Å². The average molecular weight is 447 g/mol. The standard InChI is InChI=1S/C22H26N2O6S/c1-16(2)23-31(27,28)19-10-8-18(9-11-19)22(26)30-20(17-6-4-3-5-7-17)21(25)24-12-14-29-15-13-24/h3-11,16,20,23H,12-15H2,1-2H3/t20-/m1/s1. The molecule has 0 unspecified atom stereocenters. The molecule has 9 heteroatoms. The van der Waals surface area contributed by atoms with Gasteiger partial charge in [0.2, 0.25) is 16.1 Å². The van der Waals surface area contributed by atoms with Gasteiger partial charge in [-0.15, -0.1) is 0 Å². The highest BCUT2D eigenvalue weighted by Gasteiger charge is 2.31. The lowest BCUT2D eigenvalue weighted by molar-refractivity contribution is -0.145. The fraction of sp³-hybridized carbons (Fsp3) is 0.364. The van der Waals surface area contributed by atoms with Crippen molar-refractivity contribution in [3.05, 3.63) is 65.7 Å². The van der Waals surface area contributed by atoms with E-state index >= 15 is 0 Å². The second-order valence-electron chi connectivity index (χ2n) is 7.43. The molecule has 1 N–H and O–H groups in total. The fourth-order valence-corrected chi connectivity index (χ4v) is 4.41. The van der Waals surface area contributed by atoms with E-state index < -0.39 is 22.1 Å². The molecule has 1 amide bonds. The van der Waals surface area contributed by atoms with E-state index in [0.29, 0.717) is 31.9 Å². The number of ether oxygens (including phenoxy) is 2. The number of hydrogen-bond acceptors (Lipinski definition) is 6. The van der Waals surface area contributed by atoms with E-state index in [4.69, 9.17) is 9.47 Å². The maximum Gasteiger partial charge on any atom is 0.339 e. The van der Waals surface area contributed by atoms with Gasteiger partial charge in [0.1, 0.15) is 0 Å². The Morgan fingerprint density at radius 1 is 1.00 bits per heavy atom. The van der Waals surface area contributed by atoms with Crippen LogP contribution in [0, 0.1) is 0 Å². The smallest absolute Gasteiger partial charge is 0.339 e. The van der Waals surface area contributed by atoms with Crippen molar-refractivity contribution in [3.8, 4) is 0 Å². The first-order valence-electron chi connectivity index (χ1n) is 10.0. The monoisotopic (exact) mass is 446 g/mol. The minimum Gasteiger partial charge on any atom is -0.444 e. The Kier molecular flexibility index (Phi) is 7.42. The molecular formula is C22H26N2O6S. The predicted octanol–water partition coefficient (Wildman–Crippen LogP) is 2.13. The number of morpholine rings is 1. The van der Waals surface area contributed by atoms with Crippen molar-refractivity contribution >= 4 is 21.9 Å². The first kappa shape index (κ1) is 22.9. The van der Waals surface area contributed by atoms with Gasteiger partial charge in [0.25, 0.3) is 5.91 Å². The highest BCUT2D eigenvalue weighted by atomic mass is 32.2. The minimum absolute atomic E-state index is 0.0433. The molecule has 3 rings (SSSR count). The maximum atomic E-state index is 13.1. The van der Waals surface area contributed by atoms with E-state index in [2.05, 4.69) is 4.72 Å². The summed E-state index contributed by atoms with van der Waals surface area (Å²) in [5.74, 6) is -1.03. The van der Waals surface area contributed by atoms with Gasteiger partial charge in [-0.2, -0.15) is 0 Å². The summed E-state index contributed by atoms with van der Waals surface area (Å²) < 4.78 is 37.9. The van der Waals surface area contributed by atoms with Gasteiger partial charge in [-0.1, -0.05) is 30.3 Å². The zero-order valence-electron chi connectivity index (χ0n) is 17.5. The van der Waals surface area contributed by atoms with Crippen molar-refractivity contribution in [2.75, 3.05) is 26.3 Å². The second-order valence-corrected chi connectivity index (χ2v) is 9.15. The lowest BCUT2D eigenvalue weighted by Gasteiger charge is -2.30. The molecule has 1 aliphatic heterocycles. The second kappa shape index (κ2) is 10.0. The molecule has 166 valence electrons. The van der Waals surface area contributed by atoms with Crippen LogP contribution in [0.15, 0.2) is 59.5 Å². The van der Waals surface area contributed by atoms with Crippen molar-refractivity contribution in [2.24, 2.45) is 0 Å². The van der Waals surface area contributed by atoms with Crippen LogP contribution >= 0.6 is 0 Å². The highest BCUT2D eigenvalue weighted by Crippen LogP contribution is 2.23. The summed E-state index contributed by atoms with van der Waals surface area (Å²) in [4.78, 5) is 27.5. The first-order chi connectivity index (χ1) is 14.8. The molecule has 0 radical (unpaired) electrons. The zero-order chi connectivity index (χ0) is 22.4. The predicted molar refractivity (Wildman–Crippen MR) is 114 cm³/mol. The van der Waals surface area contributed by atoms with Gasteiger partial charge in [0.15, 0.2) is 0 Å². The number of benzene rings is 2. The summed E-state index contributed by atoms with van der Waals surface area (Å²) in [5, 5.41) is 0. The third kappa shape index (κ3) is 5.90. The largest absolute Gasteiger partial charge is 0.444 e. The molecule has 0 bridgehead atoms. The molecule has 1 fully saturated rings. The number of rotatable bonds is 7. The van der Waals surface area contributed by atoms with E-state index in [1.807, 2.05) is 6.07 Å². The lowest BCUT2D eigenvalue weighted by Crippen LogP contribution is -2.44. The first-order valence-corrected chi connectivity index (χ1v) is 11.5. The Balaban J connectivity index is 1.79. The van der Waals surface area contributed by atoms with Gasteiger partial charge in [0, 0.05) is 24.7 Å². The molecular weight excluding hydrogens is 420 g/mol. The van der Waals surface area contributed by atoms with Crippen LogP contribution in [0.25, 0.3) is 0 Å². The Labute approximate surface area is 182 Å². The van der Waals surface area contributed by atoms with E-state index in [1.54, 1.807) is 43.0 Å². The molecule has 1 heterocycles. The molecule has 0 saturated carbocycles.